The summed E-state index contributed by atoms with van der Waals surface area (Å²) < 4.78 is 0. The van der Waals surface area contributed by atoms with E-state index in [1.165, 1.54) is 11.1 Å². The van der Waals surface area contributed by atoms with E-state index in [1.54, 1.807) is 12.1 Å². The fourth-order valence-electron chi connectivity index (χ4n) is 2.13. The highest BCUT2D eigenvalue weighted by Crippen LogP contribution is 2.26. The van der Waals surface area contributed by atoms with Gasteiger partial charge in [-0.2, -0.15) is 0 Å². The number of rotatable bonds is 2. The molecule has 0 saturated carbocycles. The molecule has 3 heteroatoms. The van der Waals surface area contributed by atoms with Crippen molar-refractivity contribution in [2.45, 2.75) is 32.7 Å². The molecule has 2 rings (SSSR count). The first-order chi connectivity index (χ1) is 8.09. The molecule has 0 radical (unpaired) electrons. The second-order valence-electron chi connectivity index (χ2n) is 4.51. The minimum atomic E-state index is -0.0883. The third-order valence-electron chi connectivity index (χ3n) is 3.43. The second-order valence-corrected chi connectivity index (χ2v) is 4.92. The average molecular weight is 250 g/mol. The minimum Gasteiger partial charge on any atom is -0.346 e. The molecule has 90 valence electrons. The van der Waals surface area contributed by atoms with Crippen molar-refractivity contribution in [3.05, 3.63) is 46.0 Å². The highest BCUT2D eigenvalue weighted by atomic mass is 35.5. The standard InChI is InChI=1S/C14H16ClNO/c1-9-7-8-13(10(9)2)16-14(17)11-5-3-4-6-12(11)15/h3-6,13H,7-8H2,1-2H3,(H,16,17). The Morgan fingerprint density at radius 1 is 1.35 bits per heavy atom. The number of amides is 1. The average Bonchev–Trinajstić information content (AvgIpc) is 2.61. The number of allylic oxidation sites excluding steroid dienone is 1. The molecule has 1 aliphatic carbocycles. The van der Waals surface area contributed by atoms with Gasteiger partial charge in [-0.15, -0.1) is 0 Å². The van der Waals surface area contributed by atoms with Gasteiger partial charge in [0.1, 0.15) is 0 Å². The smallest absolute Gasteiger partial charge is 0.253 e. The molecule has 0 aromatic heterocycles. The van der Waals surface area contributed by atoms with Gasteiger partial charge in [0.05, 0.1) is 16.6 Å². The molecule has 1 aliphatic rings. The molecule has 0 aliphatic heterocycles. The third-order valence-corrected chi connectivity index (χ3v) is 3.76. The van der Waals surface area contributed by atoms with Crippen LogP contribution in [0.5, 0.6) is 0 Å². The summed E-state index contributed by atoms with van der Waals surface area (Å²) in [4.78, 5) is 12.1. The molecule has 0 saturated heterocycles. The van der Waals surface area contributed by atoms with Crippen molar-refractivity contribution >= 4 is 17.5 Å². The van der Waals surface area contributed by atoms with Crippen LogP contribution in [0.15, 0.2) is 35.4 Å². The van der Waals surface area contributed by atoms with Crippen molar-refractivity contribution in [1.82, 2.24) is 5.32 Å². The Morgan fingerprint density at radius 2 is 2.06 bits per heavy atom. The van der Waals surface area contributed by atoms with E-state index in [-0.39, 0.29) is 11.9 Å². The summed E-state index contributed by atoms with van der Waals surface area (Å²) in [6, 6.07) is 7.30. The van der Waals surface area contributed by atoms with Crippen LogP contribution in [-0.2, 0) is 0 Å². The topological polar surface area (TPSA) is 29.1 Å². The molecule has 0 fully saturated rings. The maximum Gasteiger partial charge on any atom is 0.253 e. The van der Waals surface area contributed by atoms with E-state index in [1.807, 2.05) is 12.1 Å². The Kier molecular flexibility index (Phi) is 3.53. The summed E-state index contributed by atoms with van der Waals surface area (Å²) in [5.74, 6) is -0.0883. The van der Waals surface area contributed by atoms with Crippen LogP contribution in [0, 0.1) is 0 Å². The van der Waals surface area contributed by atoms with Crippen LogP contribution in [0.3, 0.4) is 0 Å². The lowest BCUT2D eigenvalue weighted by atomic mass is 10.1. The lowest BCUT2D eigenvalue weighted by Gasteiger charge is -2.15. The maximum absolute atomic E-state index is 12.1. The van der Waals surface area contributed by atoms with Gasteiger partial charge < -0.3 is 5.32 Å². The van der Waals surface area contributed by atoms with E-state index in [0.29, 0.717) is 10.6 Å². The highest BCUT2D eigenvalue weighted by Gasteiger charge is 2.22. The zero-order valence-corrected chi connectivity index (χ0v) is 10.8. The van der Waals surface area contributed by atoms with Crippen molar-refractivity contribution < 1.29 is 4.79 Å². The predicted molar refractivity (Wildman–Crippen MR) is 70.3 cm³/mol. The van der Waals surface area contributed by atoms with Crippen molar-refractivity contribution in [3.8, 4) is 0 Å². The molecule has 0 heterocycles. The van der Waals surface area contributed by atoms with E-state index in [9.17, 15) is 4.79 Å². The fraction of sp³-hybridized carbons (Fsp3) is 0.357. The number of carbonyl (C=O) groups is 1. The predicted octanol–water partition coefficient (Wildman–Crippen LogP) is 3.57. The van der Waals surface area contributed by atoms with Gasteiger partial charge >= 0.3 is 0 Å². The molecule has 1 N–H and O–H groups in total. The van der Waals surface area contributed by atoms with Crippen LogP contribution in [0.2, 0.25) is 5.02 Å². The summed E-state index contributed by atoms with van der Waals surface area (Å²) in [5, 5.41) is 3.54. The lowest BCUT2D eigenvalue weighted by Crippen LogP contribution is -2.34. The summed E-state index contributed by atoms with van der Waals surface area (Å²) in [6.07, 6.45) is 2.06. The van der Waals surface area contributed by atoms with E-state index >= 15 is 0 Å². The van der Waals surface area contributed by atoms with Crippen molar-refractivity contribution in [2.24, 2.45) is 0 Å². The van der Waals surface area contributed by atoms with Crippen LogP contribution >= 0.6 is 11.6 Å². The number of carbonyl (C=O) groups excluding carboxylic acids is 1. The van der Waals surface area contributed by atoms with E-state index in [4.69, 9.17) is 11.6 Å². The zero-order valence-electron chi connectivity index (χ0n) is 10.1. The van der Waals surface area contributed by atoms with Crippen LogP contribution in [0.4, 0.5) is 0 Å². The molecular weight excluding hydrogens is 234 g/mol. The molecule has 17 heavy (non-hydrogen) atoms. The molecule has 1 atom stereocenters. The third kappa shape index (κ3) is 2.52. The first-order valence-corrected chi connectivity index (χ1v) is 6.19. The summed E-state index contributed by atoms with van der Waals surface area (Å²) in [7, 11) is 0. The van der Waals surface area contributed by atoms with Gasteiger partial charge in [-0.3, -0.25) is 4.79 Å². The Labute approximate surface area is 107 Å². The summed E-state index contributed by atoms with van der Waals surface area (Å²) in [6.45, 7) is 4.21. The zero-order chi connectivity index (χ0) is 12.4. The van der Waals surface area contributed by atoms with Crippen molar-refractivity contribution in [2.75, 3.05) is 0 Å². The van der Waals surface area contributed by atoms with Gasteiger partial charge in [0.2, 0.25) is 0 Å². The Morgan fingerprint density at radius 3 is 2.65 bits per heavy atom. The van der Waals surface area contributed by atoms with Crippen LogP contribution in [0.25, 0.3) is 0 Å². The number of nitrogens with one attached hydrogen (secondary N) is 1. The van der Waals surface area contributed by atoms with E-state index in [2.05, 4.69) is 19.2 Å². The summed E-state index contributed by atoms with van der Waals surface area (Å²) >= 11 is 6.00. The largest absolute Gasteiger partial charge is 0.346 e. The molecule has 1 aromatic carbocycles. The van der Waals surface area contributed by atoms with Crippen LogP contribution < -0.4 is 5.32 Å². The molecule has 1 amide bonds. The SMILES string of the molecule is CC1=C(C)C(NC(=O)c2ccccc2Cl)CC1. The summed E-state index contributed by atoms with van der Waals surface area (Å²) in [5.41, 5.74) is 3.21. The lowest BCUT2D eigenvalue weighted by molar-refractivity contribution is 0.0942. The van der Waals surface area contributed by atoms with Crippen molar-refractivity contribution in [1.29, 1.82) is 0 Å². The number of benzene rings is 1. The van der Waals surface area contributed by atoms with Crippen LogP contribution in [-0.4, -0.2) is 11.9 Å². The number of halogens is 1. The Bertz CT molecular complexity index is 479. The quantitative estimate of drug-likeness (QED) is 0.798. The van der Waals surface area contributed by atoms with Gasteiger partial charge in [0.25, 0.3) is 5.91 Å². The van der Waals surface area contributed by atoms with Crippen LogP contribution in [0.1, 0.15) is 37.0 Å². The molecule has 1 aromatic rings. The highest BCUT2D eigenvalue weighted by molar-refractivity contribution is 6.33. The minimum absolute atomic E-state index is 0.0883. The Balaban J connectivity index is 2.11. The number of hydrogen-bond acceptors (Lipinski definition) is 1. The number of hydrogen-bond donors (Lipinski definition) is 1. The fourth-order valence-corrected chi connectivity index (χ4v) is 2.36. The van der Waals surface area contributed by atoms with Gasteiger partial charge in [-0.05, 0) is 38.8 Å². The van der Waals surface area contributed by atoms with Gasteiger partial charge in [0.15, 0.2) is 0 Å². The monoisotopic (exact) mass is 249 g/mol. The molecule has 0 bridgehead atoms. The van der Waals surface area contributed by atoms with Gasteiger partial charge in [0, 0.05) is 0 Å². The normalized spacial score (nSPS) is 19.6. The van der Waals surface area contributed by atoms with Gasteiger partial charge in [-0.1, -0.05) is 34.9 Å². The molecule has 2 nitrogen and oxygen atoms in total. The van der Waals surface area contributed by atoms with Gasteiger partial charge in [-0.25, -0.2) is 0 Å². The molecule has 1 unspecified atom stereocenters. The first-order valence-electron chi connectivity index (χ1n) is 5.81. The van der Waals surface area contributed by atoms with E-state index in [0.717, 1.165) is 12.8 Å². The maximum atomic E-state index is 12.1. The second kappa shape index (κ2) is 4.92. The first kappa shape index (κ1) is 12.2. The van der Waals surface area contributed by atoms with Crippen molar-refractivity contribution in [3.63, 3.8) is 0 Å². The Hall–Kier alpha value is -1.28. The molecular formula is C14H16ClNO. The van der Waals surface area contributed by atoms with E-state index < -0.39 is 0 Å². The molecule has 0 spiro atoms.